The number of morpholine rings is 1. The number of Topliss-reactive ketones (excluding diaryl/α,β-unsaturated/α-hetero) is 1. The monoisotopic (exact) mass is 381 g/mol. The Morgan fingerprint density at radius 2 is 2.04 bits per heavy atom. The van der Waals surface area contributed by atoms with Gasteiger partial charge in [-0.2, -0.15) is 0 Å². The van der Waals surface area contributed by atoms with Crippen LogP contribution in [0.5, 0.6) is 5.75 Å². The number of carbonyl (C=O) groups excluding carboxylic acids is 2. The zero-order valence-electron chi connectivity index (χ0n) is 16.1. The fraction of sp³-hybridized carbons (Fsp3) is 0.381. The second-order valence-corrected chi connectivity index (χ2v) is 7.02. The molecule has 1 fully saturated rings. The highest BCUT2D eigenvalue weighted by atomic mass is 16.5. The van der Waals surface area contributed by atoms with E-state index < -0.39 is 6.04 Å². The largest absolute Gasteiger partial charge is 0.497 e. The molecule has 2 aliphatic heterocycles. The van der Waals surface area contributed by atoms with E-state index in [4.69, 9.17) is 9.47 Å². The summed E-state index contributed by atoms with van der Waals surface area (Å²) in [5, 5.41) is 0. The third-order valence-corrected chi connectivity index (χ3v) is 5.26. The van der Waals surface area contributed by atoms with Crippen LogP contribution in [0.4, 0.5) is 5.69 Å². The van der Waals surface area contributed by atoms with Crippen molar-refractivity contribution in [3.8, 4) is 16.9 Å². The van der Waals surface area contributed by atoms with Crippen molar-refractivity contribution in [2.24, 2.45) is 0 Å². The van der Waals surface area contributed by atoms with E-state index in [2.05, 4.69) is 9.88 Å². The molecule has 0 N–H and O–H groups in total. The molecule has 1 unspecified atom stereocenters. The lowest BCUT2D eigenvalue weighted by Crippen LogP contribution is -2.47. The van der Waals surface area contributed by atoms with E-state index in [0.29, 0.717) is 24.6 Å². The number of fused-ring (bicyclic) bond motifs is 1. The molecule has 2 aromatic rings. The Labute approximate surface area is 163 Å². The Hall–Kier alpha value is -2.77. The maximum absolute atomic E-state index is 13.0. The summed E-state index contributed by atoms with van der Waals surface area (Å²) in [4.78, 5) is 33.7. The van der Waals surface area contributed by atoms with Gasteiger partial charge in [-0.05, 0) is 30.7 Å². The van der Waals surface area contributed by atoms with E-state index in [1.54, 1.807) is 25.1 Å². The van der Waals surface area contributed by atoms with Crippen molar-refractivity contribution >= 4 is 17.4 Å². The lowest BCUT2D eigenvalue weighted by molar-refractivity contribution is -0.120. The summed E-state index contributed by atoms with van der Waals surface area (Å²) >= 11 is 0. The molecule has 0 aliphatic carbocycles. The Bertz CT molecular complexity index is 908. The molecular formula is C21H23N3O4. The number of carbonyl (C=O) groups is 2. The fourth-order valence-electron chi connectivity index (χ4n) is 3.69. The van der Waals surface area contributed by atoms with E-state index in [9.17, 15) is 9.59 Å². The molecule has 1 saturated heterocycles. The zero-order chi connectivity index (χ0) is 19.7. The molecule has 1 aromatic heterocycles. The fourth-order valence-corrected chi connectivity index (χ4v) is 3.69. The van der Waals surface area contributed by atoms with Crippen molar-refractivity contribution in [2.75, 3.05) is 44.9 Å². The van der Waals surface area contributed by atoms with Crippen LogP contribution in [0.3, 0.4) is 0 Å². The third-order valence-electron chi connectivity index (χ3n) is 5.26. The van der Waals surface area contributed by atoms with Crippen LogP contribution in [0, 0.1) is 0 Å². The highest BCUT2D eigenvalue weighted by Gasteiger charge is 2.39. The highest BCUT2D eigenvalue weighted by molar-refractivity contribution is 6.17. The van der Waals surface area contributed by atoms with Crippen LogP contribution in [0.2, 0.25) is 0 Å². The number of hydrogen-bond donors (Lipinski definition) is 0. The van der Waals surface area contributed by atoms with Crippen molar-refractivity contribution in [1.29, 1.82) is 0 Å². The van der Waals surface area contributed by atoms with Crippen LogP contribution in [0.1, 0.15) is 17.4 Å². The average molecular weight is 381 g/mol. The quantitative estimate of drug-likeness (QED) is 0.807. The number of anilines is 1. The van der Waals surface area contributed by atoms with E-state index in [1.165, 1.54) is 0 Å². The first kappa shape index (κ1) is 18.6. The topological polar surface area (TPSA) is 72.0 Å². The normalized spacial score (nSPS) is 19.6. The second-order valence-electron chi connectivity index (χ2n) is 7.02. The average Bonchev–Trinajstić information content (AvgIpc) is 2.98. The van der Waals surface area contributed by atoms with Gasteiger partial charge in [-0.25, -0.2) is 0 Å². The Morgan fingerprint density at radius 3 is 2.79 bits per heavy atom. The van der Waals surface area contributed by atoms with Gasteiger partial charge in [-0.3, -0.25) is 24.4 Å². The molecule has 7 heteroatoms. The van der Waals surface area contributed by atoms with Gasteiger partial charge in [-0.15, -0.1) is 0 Å². The number of nitrogens with zero attached hydrogens (tertiary/aromatic N) is 3. The van der Waals surface area contributed by atoms with Crippen LogP contribution >= 0.6 is 0 Å². The van der Waals surface area contributed by atoms with Crippen molar-refractivity contribution in [2.45, 2.75) is 13.0 Å². The summed E-state index contributed by atoms with van der Waals surface area (Å²) in [6, 6.07) is 8.95. The van der Waals surface area contributed by atoms with E-state index in [-0.39, 0.29) is 18.2 Å². The predicted molar refractivity (Wildman–Crippen MR) is 105 cm³/mol. The predicted octanol–water partition coefficient (Wildman–Crippen LogP) is 2.01. The molecule has 1 amide bonds. The van der Waals surface area contributed by atoms with Gasteiger partial charge in [-0.1, -0.05) is 12.1 Å². The number of benzene rings is 1. The lowest BCUT2D eigenvalue weighted by atomic mass is 10.1. The number of hydrogen-bond acceptors (Lipinski definition) is 6. The van der Waals surface area contributed by atoms with Crippen LogP contribution in [-0.2, 0) is 9.53 Å². The molecule has 0 spiro atoms. The minimum Gasteiger partial charge on any atom is -0.497 e. The summed E-state index contributed by atoms with van der Waals surface area (Å²) in [5.74, 6) is 0.524. The second kappa shape index (κ2) is 7.69. The first-order valence-electron chi connectivity index (χ1n) is 9.39. The number of amides is 1. The molecule has 7 nitrogen and oxygen atoms in total. The Balaban J connectivity index is 1.65. The first-order valence-corrected chi connectivity index (χ1v) is 9.39. The van der Waals surface area contributed by atoms with Crippen molar-refractivity contribution in [3.05, 3.63) is 42.2 Å². The van der Waals surface area contributed by atoms with E-state index >= 15 is 0 Å². The zero-order valence-corrected chi connectivity index (χ0v) is 16.1. The molecule has 0 radical (unpaired) electrons. The summed E-state index contributed by atoms with van der Waals surface area (Å²) in [7, 11) is 1.62. The maximum atomic E-state index is 13.0. The first-order chi connectivity index (χ1) is 13.6. The van der Waals surface area contributed by atoms with Gasteiger partial charge in [0, 0.05) is 24.8 Å². The summed E-state index contributed by atoms with van der Waals surface area (Å²) in [5.41, 5.74) is 2.69. The lowest BCUT2D eigenvalue weighted by Gasteiger charge is -2.29. The minimum absolute atomic E-state index is 0.0916. The standard InChI is InChI=1S/C21H23N3O4/c1-14-21(26)20-18(24(14)19(25)13-23-6-8-28-9-7-23)11-16(12-22-20)15-4-3-5-17(10-15)27-2/h3-5,10-12,14H,6-9,13H2,1-2H3. The van der Waals surface area contributed by atoms with Gasteiger partial charge >= 0.3 is 0 Å². The number of pyridine rings is 1. The number of rotatable bonds is 4. The highest BCUT2D eigenvalue weighted by Crippen LogP contribution is 2.35. The van der Waals surface area contributed by atoms with E-state index in [0.717, 1.165) is 30.0 Å². The SMILES string of the molecule is COc1cccc(-c2cnc3c(c2)N(C(=O)CN2CCOCC2)C(C)C3=O)c1. The number of methoxy groups -OCH3 is 1. The number of aromatic nitrogens is 1. The van der Waals surface area contributed by atoms with Crippen LogP contribution in [0.25, 0.3) is 11.1 Å². The van der Waals surface area contributed by atoms with Gasteiger partial charge in [0.15, 0.2) is 0 Å². The van der Waals surface area contributed by atoms with Crippen LogP contribution in [0.15, 0.2) is 36.5 Å². The number of ketones is 1. The molecule has 0 bridgehead atoms. The summed E-state index contributed by atoms with van der Waals surface area (Å²) < 4.78 is 10.6. The molecule has 28 heavy (non-hydrogen) atoms. The molecular weight excluding hydrogens is 358 g/mol. The van der Waals surface area contributed by atoms with Crippen molar-refractivity contribution < 1.29 is 19.1 Å². The molecule has 3 heterocycles. The van der Waals surface area contributed by atoms with Crippen LogP contribution in [-0.4, -0.2) is 67.6 Å². The molecule has 1 atom stereocenters. The summed E-state index contributed by atoms with van der Waals surface area (Å²) in [6.07, 6.45) is 1.67. The van der Waals surface area contributed by atoms with Crippen molar-refractivity contribution in [1.82, 2.24) is 9.88 Å². The third kappa shape index (κ3) is 3.39. The minimum atomic E-state index is -0.545. The van der Waals surface area contributed by atoms with Gasteiger partial charge in [0.05, 0.1) is 38.6 Å². The summed E-state index contributed by atoms with van der Waals surface area (Å²) in [6.45, 7) is 4.71. The van der Waals surface area contributed by atoms with Gasteiger partial charge < -0.3 is 9.47 Å². The smallest absolute Gasteiger partial charge is 0.241 e. The number of ether oxygens (including phenoxy) is 2. The Kier molecular flexibility index (Phi) is 5.11. The van der Waals surface area contributed by atoms with E-state index in [1.807, 2.05) is 30.3 Å². The Morgan fingerprint density at radius 1 is 1.25 bits per heavy atom. The van der Waals surface area contributed by atoms with Crippen LogP contribution < -0.4 is 9.64 Å². The molecule has 0 saturated carbocycles. The molecule has 4 rings (SSSR count). The van der Waals surface area contributed by atoms with Gasteiger partial charge in [0.2, 0.25) is 11.7 Å². The van der Waals surface area contributed by atoms with Gasteiger partial charge in [0.1, 0.15) is 11.4 Å². The molecule has 146 valence electrons. The van der Waals surface area contributed by atoms with Gasteiger partial charge in [0.25, 0.3) is 0 Å². The van der Waals surface area contributed by atoms with Crippen molar-refractivity contribution in [3.63, 3.8) is 0 Å². The molecule has 2 aliphatic rings. The molecule has 1 aromatic carbocycles. The maximum Gasteiger partial charge on any atom is 0.241 e.